The predicted octanol–water partition coefficient (Wildman–Crippen LogP) is 2.64. The second-order valence-corrected chi connectivity index (χ2v) is 4.82. The molecule has 0 amide bonds. The predicted molar refractivity (Wildman–Crippen MR) is 75.6 cm³/mol. The minimum atomic E-state index is -0.340. The van der Waals surface area contributed by atoms with Crippen LogP contribution in [0, 0.1) is 17.0 Å². The summed E-state index contributed by atoms with van der Waals surface area (Å²) < 4.78 is 3.69. The maximum atomic E-state index is 11.2. The molecular weight excluding hydrogens is 256 g/mol. The van der Waals surface area contributed by atoms with Gasteiger partial charge in [-0.05, 0) is 19.1 Å². The zero-order valence-electron chi connectivity index (χ0n) is 11.3. The van der Waals surface area contributed by atoms with Gasteiger partial charge in [0.05, 0.1) is 22.9 Å². The molecule has 0 atom stereocenters. The molecule has 2 heterocycles. The summed E-state index contributed by atoms with van der Waals surface area (Å²) in [5, 5.41) is 16.3. The third kappa shape index (κ3) is 1.95. The van der Waals surface area contributed by atoms with Gasteiger partial charge >= 0.3 is 0 Å². The fourth-order valence-corrected chi connectivity index (χ4v) is 2.51. The van der Waals surface area contributed by atoms with E-state index in [1.807, 2.05) is 42.9 Å². The molecule has 0 saturated carbocycles. The van der Waals surface area contributed by atoms with Gasteiger partial charge in [-0.25, -0.2) is 0 Å². The molecule has 6 heteroatoms. The number of hydrogen-bond acceptors (Lipinski definition) is 3. The quantitative estimate of drug-likeness (QED) is 0.543. The van der Waals surface area contributed by atoms with Crippen LogP contribution in [0.25, 0.3) is 10.9 Å². The number of nitro groups is 1. The summed E-state index contributed by atoms with van der Waals surface area (Å²) in [4.78, 5) is 10.8. The van der Waals surface area contributed by atoms with E-state index in [1.54, 1.807) is 10.7 Å². The summed E-state index contributed by atoms with van der Waals surface area (Å²) in [5.41, 5.74) is 2.73. The van der Waals surface area contributed by atoms with Crippen molar-refractivity contribution < 1.29 is 4.92 Å². The molecule has 0 unspecified atom stereocenters. The number of nitrogens with zero attached hydrogens (tertiary/aromatic N) is 4. The van der Waals surface area contributed by atoms with Crippen molar-refractivity contribution in [1.29, 1.82) is 0 Å². The highest BCUT2D eigenvalue weighted by Crippen LogP contribution is 2.27. The highest BCUT2D eigenvalue weighted by atomic mass is 16.6. The summed E-state index contributed by atoms with van der Waals surface area (Å²) >= 11 is 0. The van der Waals surface area contributed by atoms with E-state index in [0.29, 0.717) is 12.1 Å². The number of benzene rings is 1. The number of para-hydroxylation sites is 1. The van der Waals surface area contributed by atoms with E-state index < -0.39 is 0 Å². The zero-order chi connectivity index (χ0) is 14.3. The van der Waals surface area contributed by atoms with Gasteiger partial charge in [0.15, 0.2) is 0 Å². The molecule has 0 N–H and O–H groups in total. The van der Waals surface area contributed by atoms with Gasteiger partial charge < -0.3 is 4.57 Å². The Bertz CT molecular complexity index is 801. The molecule has 0 saturated heterocycles. The Hall–Kier alpha value is -2.63. The fourth-order valence-electron chi connectivity index (χ4n) is 2.51. The van der Waals surface area contributed by atoms with Crippen LogP contribution in [0.5, 0.6) is 0 Å². The number of non-ortho nitro benzene ring substituents is 1. The Labute approximate surface area is 115 Å². The molecule has 0 bridgehead atoms. The van der Waals surface area contributed by atoms with Crippen LogP contribution < -0.4 is 0 Å². The smallest absolute Gasteiger partial charge is 0.293 e. The number of aryl methyl sites for hydroxylation is 2. The summed E-state index contributed by atoms with van der Waals surface area (Å²) in [6.45, 7) is 2.49. The fraction of sp³-hybridized carbons (Fsp3) is 0.214. The zero-order valence-corrected chi connectivity index (χ0v) is 11.3. The van der Waals surface area contributed by atoms with Crippen LogP contribution >= 0.6 is 0 Å². The first-order valence-electron chi connectivity index (χ1n) is 6.28. The van der Waals surface area contributed by atoms with E-state index >= 15 is 0 Å². The molecule has 6 nitrogen and oxygen atoms in total. The molecule has 0 aliphatic heterocycles. The van der Waals surface area contributed by atoms with Crippen molar-refractivity contribution in [3.05, 3.63) is 58.0 Å². The molecule has 0 radical (unpaired) electrons. The first-order valence-corrected chi connectivity index (χ1v) is 6.28. The highest BCUT2D eigenvalue weighted by molar-refractivity contribution is 5.88. The molecular formula is C14H14N4O2. The van der Waals surface area contributed by atoms with Crippen LogP contribution in [-0.2, 0) is 13.6 Å². The van der Waals surface area contributed by atoms with Crippen LogP contribution in [0.1, 0.15) is 11.4 Å². The van der Waals surface area contributed by atoms with Crippen molar-refractivity contribution >= 4 is 16.6 Å². The van der Waals surface area contributed by atoms with E-state index in [4.69, 9.17) is 0 Å². The van der Waals surface area contributed by atoms with Crippen molar-refractivity contribution in [2.24, 2.45) is 7.05 Å². The molecule has 0 spiro atoms. The third-order valence-corrected chi connectivity index (χ3v) is 3.40. The van der Waals surface area contributed by atoms with Gasteiger partial charge in [-0.15, -0.1) is 0 Å². The molecule has 0 fully saturated rings. The first-order chi connectivity index (χ1) is 9.56. The summed E-state index contributed by atoms with van der Waals surface area (Å²) in [7, 11) is 1.88. The topological polar surface area (TPSA) is 65.9 Å². The minimum Gasteiger partial charge on any atom is -0.336 e. The van der Waals surface area contributed by atoms with Gasteiger partial charge in [0.2, 0.25) is 0 Å². The Morgan fingerprint density at radius 1 is 1.35 bits per heavy atom. The van der Waals surface area contributed by atoms with Gasteiger partial charge in [-0.2, -0.15) is 5.10 Å². The lowest BCUT2D eigenvalue weighted by atomic mass is 10.2. The van der Waals surface area contributed by atoms with Crippen molar-refractivity contribution in [3.63, 3.8) is 0 Å². The molecule has 3 aromatic rings. The van der Waals surface area contributed by atoms with E-state index in [9.17, 15) is 10.1 Å². The van der Waals surface area contributed by atoms with E-state index in [2.05, 4.69) is 5.10 Å². The monoisotopic (exact) mass is 270 g/mol. The molecule has 3 rings (SSSR count). The Morgan fingerprint density at radius 2 is 2.15 bits per heavy atom. The van der Waals surface area contributed by atoms with E-state index in [-0.39, 0.29) is 10.6 Å². The normalized spacial score (nSPS) is 11.1. The molecule has 102 valence electrons. The number of fused-ring (bicyclic) bond motifs is 1. The maximum absolute atomic E-state index is 11.2. The van der Waals surface area contributed by atoms with Crippen molar-refractivity contribution in [2.75, 3.05) is 0 Å². The van der Waals surface area contributed by atoms with Gasteiger partial charge in [0.1, 0.15) is 5.52 Å². The second-order valence-electron chi connectivity index (χ2n) is 4.82. The average molecular weight is 270 g/mol. The van der Waals surface area contributed by atoms with Crippen LogP contribution in [-0.4, -0.2) is 19.3 Å². The van der Waals surface area contributed by atoms with Gasteiger partial charge in [0, 0.05) is 24.7 Å². The van der Waals surface area contributed by atoms with Crippen molar-refractivity contribution in [2.45, 2.75) is 13.5 Å². The Morgan fingerprint density at radius 3 is 2.80 bits per heavy atom. The molecule has 2 aromatic heterocycles. The molecule has 20 heavy (non-hydrogen) atoms. The SMILES string of the molecule is Cc1cc(Cn2ccc3cccc([N+](=O)[O-])c32)n(C)n1. The van der Waals surface area contributed by atoms with Crippen LogP contribution in [0.3, 0.4) is 0 Å². The standard InChI is InChI=1S/C14H14N4O2/c1-10-8-12(16(2)15-10)9-17-7-6-11-4-3-5-13(14(11)17)18(19)20/h3-8H,9H2,1-2H3. The summed E-state index contributed by atoms with van der Waals surface area (Å²) in [6.07, 6.45) is 1.88. The van der Waals surface area contributed by atoms with E-state index in [1.165, 1.54) is 6.07 Å². The lowest BCUT2D eigenvalue weighted by Gasteiger charge is -2.06. The second kappa shape index (κ2) is 4.48. The maximum Gasteiger partial charge on any atom is 0.293 e. The summed E-state index contributed by atoms with van der Waals surface area (Å²) in [5.74, 6) is 0. The first kappa shape index (κ1) is 12.4. The van der Waals surface area contributed by atoms with Crippen molar-refractivity contribution in [3.8, 4) is 0 Å². The Balaban J connectivity index is 2.12. The lowest BCUT2D eigenvalue weighted by Crippen LogP contribution is -2.05. The third-order valence-electron chi connectivity index (χ3n) is 3.40. The Kier molecular flexibility index (Phi) is 2.78. The van der Waals surface area contributed by atoms with Gasteiger partial charge in [0.25, 0.3) is 5.69 Å². The summed E-state index contributed by atoms with van der Waals surface area (Å²) in [6, 6.07) is 9.01. The average Bonchev–Trinajstić information content (AvgIpc) is 2.94. The lowest BCUT2D eigenvalue weighted by molar-refractivity contribution is -0.383. The molecule has 1 aromatic carbocycles. The van der Waals surface area contributed by atoms with Crippen LogP contribution in [0.2, 0.25) is 0 Å². The van der Waals surface area contributed by atoms with Gasteiger partial charge in [-0.3, -0.25) is 14.8 Å². The number of hydrogen-bond donors (Lipinski definition) is 0. The van der Waals surface area contributed by atoms with Gasteiger partial charge in [-0.1, -0.05) is 12.1 Å². The molecule has 0 aliphatic rings. The van der Waals surface area contributed by atoms with Crippen LogP contribution in [0.4, 0.5) is 5.69 Å². The van der Waals surface area contributed by atoms with Crippen molar-refractivity contribution in [1.82, 2.24) is 14.3 Å². The minimum absolute atomic E-state index is 0.131. The largest absolute Gasteiger partial charge is 0.336 e. The number of aromatic nitrogens is 3. The number of rotatable bonds is 3. The van der Waals surface area contributed by atoms with Crippen LogP contribution in [0.15, 0.2) is 36.5 Å². The highest BCUT2D eigenvalue weighted by Gasteiger charge is 2.16. The van der Waals surface area contributed by atoms with E-state index in [0.717, 1.165) is 16.8 Å². The molecule has 0 aliphatic carbocycles. The number of nitro benzene ring substituents is 1.